The van der Waals surface area contributed by atoms with Gasteiger partial charge in [0.15, 0.2) is 0 Å². The van der Waals surface area contributed by atoms with Crippen LogP contribution in [0.4, 0.5) is 0 Å². The Morgan fingerprint density at radius 3 is 2.75 bits per heavy atom. The molecule has 5 rings (SSSR count). The van der Waals surface area contributed by atoms with Gasteiger partial charge in [-0.2, -0.15) is 0 Å². The predicted molar refractivity (Wildman–Crippen MR) is 108 cm³/mol. The van der Waals surface area contributed by atoms with E-state index in [9.17, 15) is 4.79 Å². The number of aromatic nitrogens is 2. The smallest absolute Gasteiger partial charge is 0.255 e. The molecule has 0 bridgehead atoms. The third-order valence-electron chi connectivity index (χ3n) is 6.00. The Labute approximate surface area is 165 Å². The molecule has 2 aliphatic heterocycles. The number of benzene rings is 2. The van der Waals surface area contributed by atoms with Gasteiger partial charge in [-0.1, -0.05) is 48.5 Å². The van der Waals surface area contributed by atoms with E-state index in [1.54, 1.807) is 0 Å². The van der Waals surface area contributed by atoms with Crippen molar-refractivity contribution in [2.24, 2.45) is 0 Å². The number of amides is 1. The van der Waals surface area contributed by atoms with Crippen LogP contribution in [0.25, 0.3) is 0 Å². The fraction of sp³-hybridized carbons (Fsp3) is 0.304. The van der Waals surface area contributed by atoms with Crippen molar-refractivity contribution in [3.05, 3.63) is 89.5 Å². The third-order valence-corrected chi connectivity index (χ3v) is 6.00. The topological polar surface area (TPSA) is 50.2 Å². The van der Waals surface area contributed by atoms with Gasteiger partial charge in [-0.3, -0.25) is 4.79 Å². The number of nitrogens with one attached hydrogen (secondary N) is 1. The van der Waals surface area contributed by atoms with E-state index in [0.29, 0.717) is 12.6 Å². The van der Waals surface area contributed by atoms with Crippen molar-refractivity contribution in [2.75, 3.05) is 6.54 Å². The highest BCUT2D eigenvalue weighted by atomic mass is 16.2. The lowest BCUT2D eigenvalue weighted by Crippen LogP contribution is -2.35. The van der Waals surface area contributed by atoms with Crippen molar-refractivity contribution in [3.63, 3.8) is 0 Å². The summed E-state index contributed by atoms with van der Waals surface area (Å²) in [5, 5.41) is 3.70. The van der Waals surface area contributed by atoms with Gasteiger partial charge >= 0.3 is 0 Å². The normalized spacial score (nSPS) is 23.1. The van der Waals surface area contributed by atoms with E-state index in [1.807, 2.05) is 47.5 Å². The zero-order chi connectivity index (χ0) is 19.1. The Morgan fingerprint density at radius 1 is 1.11 bits per heavy atom. The van der Waals surface area contributed by atoms with Crippen LogP contribution in [0, 0.1) is 0 Å². The van der Waals surface area contributed by atoms with E-state index < -0.39 is 0 Å². The second-order valence-electron chi connectivity index (χ2n) is 7.76. The molecule has 1 aromatic heterocycles. The van der Waals surface area contributed by atoms with Crippen LogP contribution in [0.3, 0.4) is 0 Å². The van der Waals surface area contributed by atoms with E-state index in [4.69, 9.17) is 0 Å². The number of hydrogen-bond donors (Lipinski definition) is 1. The summed E-state index contributed by atoms with van der Waals surface area (Å²) in [6.45, 7) is 3.57. The highest BCUT2D eigenvalue weighted by molar-refractivity contribution is 5.99. The Morgan fingerprint density at radius 2 is 1.89 bits per heavy atom. The van der Waals surface area contributed by atoms with E-state index in [0.717, 1.165) is 35.5 Å². The molecule has 0 spiro atoms. The lowest BCUT2D eigenvalue weighted by atomic mass is 10.0. The maximum atomic E-state index is 13.1. The molecule has 2 aliphatic rings. The molecule has 0 fully saturated rings. The van der Waals surface area contributed by atoms with Gasteiger partial charge in [-0.05, 0) is 30.5 Å². The number of fused-ring (bicyclic) bond motifs is 2. The van der Waals surface area contributed by atoms with Gasteiger partial charge in [0.2, 0.25) is 0 Å². The van der Waals surface area contributed by atoms with Crippen LogP contribution in [0.15, 0.2) is 67.0 Å². The molecule has 5 nitrogen and oxygen atoms in total. The minimum atomic E-state index is 0.0308. The van der Waals surface area contributed by atoms with Crippen LogP contribution in [0.1, 0.15) is 58.8 Å². The molecule has 5 heteroatoms. The third kappa shape index (κ3) is 2.83. The van der Waals surface area contributed by atoms with Crippen LogP contribution in [-0.4, -0.2) is 26.9 Å². The van der Waals surface area contributed by atoms with Crippen LogP contribution in [0.2, 0.25) is 0 Å². The summed E-state index contributed by atoms with van der Waals surface area (Å²) >= 11 is 0. The summed E-state index contributed by atoms with van der Waals surface area (Å²) in [6, 6.07) is 18.9. The standard InChI is InChI=1S/C23H24N4O/c1-16-13-20(22-24-11-12-26(16)22)25-14-21-18-9-5-6-10-19(18)23(28)27(21)15-17-7-3-2-4-8-17/h2-12,16,20-21,25H,13-15H2,1H3. The molecule has 0 radical (unpaired) electrons. The van der Waals surface area contributed by atoms with E-state index in [-0.39, 0.29) is 18.0 Å². The summed E-state index contributed by atoms with van der Waals surface area (Å²) in [4.78, 5) is 19.6. The molecule has 142 valence electrons. The maximum absolute atomic E-state index is 13.1. The molecule has 0 aliphatic carbocycles. The van der Waals surface area contributed by atoms with Gasteiger partial charge in [0, 0.05) is 37.1 Å². The summed E-state index contributed by atoms with van der Waals surface area (Å²) < 4.78 is 2.24. The zero-order valence-electron chi connectivity index (χ0n) is 16.0. The number of rotatable bonds is 5. The van der Waals surface area contributed by atoms with Gasteiger partial charge in [-0.25, -0.2) is 4.98 Å². The van der Waals surface area contributed by atoms with E-state index in [1.165, 1.54) is 0 Å². The van der Waals surface area contributed by atoms with Gasteiger partial charge in [0.25, 0.3) is 5.91 Å². The van der Waals surface area contributed by atoms with Crippen molar-refractivity contribution >= 4 is 5.91 Å². The summed E-state index contributed by atoms with van der Waals surface area (Å²) in [6.07, 6.45) is 4.96. The van der Waals surface area contributed by atoms with Gasteiger partial charge in [0.05, 0.1) is 12.1 Å². The van der Waals surface area contributed by atoms with Gasteiger partial charge < -0.3 is 14.8 Å². The number of imidazole rings is 1. The number of nitrogens with zero attached hydrogens (tertiary/aromatic N) is 3. The first-order chi connectivity index (χ1) is 13.7. The van der Waals surface area contributed by atoms with Crippen LogP contribution < -0.4 is 5.32 Å². The van der Waals surface area contributed by atoms with Crippen molar-refractivity contribution in [3.8, 4) is 0 Å². The van der Waals surface area contributed by atoms with Crippen molar-refractivity contribution < 1.29 is 4.79 Å². The molecule has 0 saturated carbocycles. The predicted octanol–water partition coefficient (Wildman–Crippen LogP) is 3.88. The molecule has 1 N–H and O–H groups in total. The van der Waals surface area contributed by atoms with E-state index in [2.05, 4.69) is 46.2 Å². The first-order valence-electron chi connectivity index (χ1n) is 9.92. The van der Waals surface area contributed by atoms with Crippen LogP contribution in [-0.2, 0) is 6.54 Å². The molecule has 0 saturated heterocycles. The quantitative estimate of drug-likeness (QED) is 0.740. The second kappa shape index (κ2) is 6.91. The highest BCUT2D eigenvalue weighted by Crippen LogP contribution is 2.37. The van der Waals surface area contributed by atoms with Crippen LogP contribution in [0.5, 0.6) is 0 Å². The number of carbonyl (C=O) groups excluding carboxylic acids is 1. The molecule has 2 aromatic carbocycles. The zero-order valence-corrected chi connectivity index (χ0v) is 16.0. The largest absolute Gasteiger partial charge is 0.331 e. The first-order valence-corrected chi connectivity index (χ1v) is 9.92. The monoisotopic (exact) mass is 372 g/mol. The fourth-order valence-electron chi connectivity index (χ4n) is 4.58. The molecule has 28 heavy (non-hydrogen) atoms. The molecular weight excluding hydrogens is 348 g/mol. The van der Waals surface area contributed by atoms with Crippen molar-refractivity contribution in [1.82, 2.24) is 19.8 Å². The molecular formula is C23H24N4O. The number of carbonyl (C=O) groups is 1. The first kappa shape index (κ1) is 17.2. The Hall–Kier alpha value is -2.92. The average Bonchev–Trinajstić information content (AvgIpc) is 3.38. The Kier molecular flexibility index (Phi) is 4.24. The molecule has 3 heterocycles. The minimum absolute atomic E-state index is 0.0308. The fourth-order valence-corrected chi connectivity index (χ4v) is 4.58. The summed E-state index contributed by atoms with van der Waals surface area (Å²) in [7, 11) is 0. The summed E-state index contributed by atoms with van der Waals surface area (Å²) in [5.41, 5.74) is 3.09. The maximum Gasteiger partial charge on any atom is 0.255 e. The van der Waals surface area contributed by atoms with E-state index >= 15 is 0 Å². The second-order valence-corrected chi connectivity index (χ2v) is 7.76. The van der Waals surface area contributed by atoms with Crippen molar-refractivity contribution in [1.29, 1.82) is 0 Å². The average molecular weight is 372 g/mol. The lowest BCUT2D eigenvalue weighted by Gasteiger charge is -2.27. The number of hydrogen-bond acceptors (Lipinski definition) is 3. The molecule has 3 unspecified atom stereocenters. The lowest BCUT2D eigenvalue weighted by molar-refractivity contribution is 0.0705. The van der Waals surface area contributed by atoms with Gasteiger partial charge in [0.1, 0.15) is 5.82 Å². The van der Waals surface area contributed by atoms with Crippen molar-refractivity contribution in [2.45, 2.75) is 38.0 Å². The molecule has 3 atom stereocenters. The van der Waals surface area contributed by atoms with Crippen LogP contribution >= 0.6 is 0 Å². The Bertz CT molecular complexity index is 997. The Balaban J connectivity index is 1.39. The summed E-state index contributed by atoms with van der Waals surface area (Å²) in [5.74, 6) is 1.22. The SMILES string of the molecule is CC1CC(NCC2c3ccccc3C(=O)N2Cc2ccccc2)c2nccn21. The molecule has 3 aromatic rings. The minimum Gasteiger partial charge on any atom is -0.331 e. The molecule has 1 amide bonds. The van der Waals surface area contributed by atoms with Gasteiger partial charge in [-0.15, -0.1) is 0 Å². The highest BCUT2D eigenvalue weighted by Gasteiger charge is 2.37.